The number of rotatable bonds is 2. The molecule has 0 saturated heterocycles. The van der Waals surface area contributed by atoms with Crippen molar-refractivity contribution in [2.75, 3.05) is 6.54 Å². The van der Waals surface area contributed by atoms with E-state index >= 15 is 0 Å². The topological polar surface area (TPSA) is 46.5 Å². The number of nitroso groups, excluding NO2 is 1. The Bertz CT molecular complexity index is 124. The van der Waals surface area contributed by atoms with Crippen LogP contribution in [0.4, 0.5) is 0 Å². The zero-order chi connectivity index (χ0) is 7.49. The molecule has 3 nitrogen and oxygen atoms in total. The molecule has 52 valence electrons. The smallest absolute Gasteiger partial charge is 0.163 e. The fourth-order valence-corrected chi connectivity index (χ4v) is 0.296. The van der Waals surface area contributed by atoms with Gasteiger partial charge in [-0.3, -0.25) is 4.79 Å². The van der Waals surface area contributed by atoms with Crippen molar-refractivity contribution >= 4 is 5.78 Å². The number of carbonyl (C=O) groups excluding carboxylic acids is 1. The van der Waals surface area contributed by atoms with Gasteiger partial charge in [0.2, 0.25) is 0 Å². The predicted molar refractivity (Wildman–Crippen MR) is 35.1 cm³/mol. The maximum absolute atomic E-state index is 10.8. The van der Waals surface area contributed by atoms with Crippen LogP contribution in [0.25, 0.3) is 0 Å². The molecular formula is C6H11NO2. The van der Waals surface area contributed by atoms with Gasteiger partial charge in [0.05, 0.1) is 0 Å². The van der Waals surface area contributed by atoms with Gasteiger partial charge in [0.1, 0.15) is 6.54 Å². The van der Waals surface area contributed by atoms with Crippen molar-refractivity contribution in [1.29, 1.82) is 0 Å². The summed E-state index contributed by atoms with van der Waals surface area (Å²) in [5, 5.41) is 2.50. The van der Waals surface area contributed by atoms with Gasteiger partial charge in [0.25, 0.3) is 0 Å². The Hall–Kier alpha value is -0.730. The van der Waals surface area contributed by atoms with Crippen molar-refractivity contribution in [3.63, 3.8) is 0 Å². The molecule has 0 N–H and O–H groups in total. The highest BCUT2D eigenvalue weighted by molar-refractivity contribution is 5.85. The van der Waals surface area contributed by atoms with Crippen LogP contribution in [-0.2, 0) is 4.79 Å². The second kappa shape index (κ2) is 2.71. The van der Waals surface area contributed by atoms with Crippen LogP contribution in [0.1, 0.15) is 20.8 Å². The Morgan fingerprint density at radius 3 is 2.00 bits per heavy atom. The quantitative estimate of drug-likeness (QED) is 0.528. The van der Waals surface area contributed by atoms with Gasteiger partial charge >= 0.3 is 0 Å². The van der Waals surface area contributed by atoms with Gasteiger partial charge in [0, 0.05) is 5.41 Å². The van der Waals surface area contributed by atoms with E-state index in [1.807, 2.05) is 0 Å². The minimum Gasteiger partial charge on any atom is -0.297 e. The average Bonchev–Trinajstić information content (AvgIpc) is 1.64. The van der Waals surface area contributed by atoms with E-state index in [9.17, 15) is 9.70 Å². The number of ketones is 1. The number of carbonyl (C=O) groups is 1. The molecule has 0 fully saturated rings. The molecule has 0 saturated carbocycles. The van der Waals surface area contributed by atoms with E-state index in [2.05, 4.69) is 5.18 Å². The SMILES string of the molecule is CC(C)(C)C(=O)CN=O. The number of nitrogens with zero attached hydrogens (tertiary/aromatic N) is 1. The molecule has 9 heavy (non-hydrogen) atoms. The van der Waals surface area contributed by atoms with Crippen molar-refractivity contribution < 1.29 is 4.79 Å². The second-order valence-electron chi connectivity index (χ2n) is 2.96. The Balaban J connectivity index is 3.88. The van der Waals surface area contributed by atoms with E-state index < -0.39 is 5.41 Å². The van der Waals surface area contributed by atoms with Gasteiger partial charge in [0.15, 0.2) is 5.78 Å². The van der Waals surface area contributed by atoms with Crippen LogP contribution in [-0.4, -0.2) is 12.3 Å². The van der Waals surface area contributed by atoms with Crippen molar-refractivity contribution in [2.45, 2.75) is 20.8 Å². The average molecular weight is 129 g/mol. The summed E-state index contributed by atoms with van der Waals surface area (Å²) in [4.78, 5) is 20.4. The van der Waals surface area contributed by atoms with Crippen LogP contribution in [0.3, 0.4) is 0 Å². The molecule has 0 aromatic rings. The molecule has 0 aromatic heterocycles. The zero-order valence-corrected chi connectivity index (χ0v) is 5.97. The molecule has 0 aliphatic carbocycles. The first-order valence-corrected chi connectivity index (χ1v) is 2.81. The van der Waals surface area contributed by atoms with Crippen molar-refractivity contribution in [3.05, 3.63) is 4.91 Å². The van der Waals surface area contributed by atoms with Crippen LogP contribution in [0.5, 0.6) is 0 Å². The third-order valence-corrected chi connectivity index (χ3v) is 1.04. The van der Waals surface area contributed by atoms with Gasteiger partial charge in [-0.1, -0.05) is 25.9 Å². The van der Waals surface area contributed by atoms with E-state index in [0.717, 1.165) is 0 Å². The standard InChI is InChI=1S/C6H11NO2/c1-6(2,3)5(8)4-7-9/h4H2,1-3H3. The van der Waals surface area contributed by atoms with Crippen molar-refractivity contribution in [3.8, 4) is 0 Å². The summed E-state index contributed by atoms with van der Waals surface area (Å²) in [6.07, 6.45) is 0. The summed E-state index contributed by atoms with van der Waals surface area (Å²) in [5.74, 6) is -0.113. The molecular weight excluding hydrogens is 118 g/mol. The van der Waals surface area contributed by atoms with Crippen LogP contribution >= 0.6 is 0 Å². The first-order valence-electron chi connectivity index (χ1n) is 2.81. The summed E-state index contributed by atoms with van der Waals surface area (Å²) in [6, 6.07) is 0. The summed E-state index contributed by atoms with van der Waals surface area (Å²) < 4.78 is 0. The third kappa shape index (κ3) is 2.95. The minimum atomic E-state index is -0.423. The lowest BCUT2D eigenvalue weighted by atomic mass is 9.91. The lowest BCUT2D eigenvalue weighted by Crippen LogP contribution is -2.22. The Morgan fingerprint density at radius 1 is 1.44 bits per heavy atom. The van der Waals surface area contributed by atoms with E-state index in [0.29, 0.717) is 0 Å². The van der Waals surface area contributed by atoms with E-state index in [4.69, 9.17) is 0 Å². The normalized spacial score (nSPS) is 11.0. The maximum atomic E-state index is 10.8. The fourth-order valence-electron chi connectivity index (χ4n) is 0.296. The van der Waals surface area contributed by atoms with Crippen molar-refractivity contribution in [2.24, 2.45) is 10.6 Å². The number of hydrogen-bond acceptors (Lipinski definition) is 3. The summed E-state index contributed by atoms with van der Waals surface area (Å²) in [5.41, 5.74) is -0.423. The van der Waals surface area contributed by atoms with Gasteiger partial charge in [-0.2, -0.15) is 4.91 Å². The number of hydrogen-bond donors (Lipinski definition) is 0. The van der Waals surface area contributed by atoms with E-state index in [1.165, 1.54) is 0 Å². The van der Waals surface area contributed by atoms with Gasteiger partial charge in [-0.25, -0.2) is 0 Å². The summed E-state index contributed by atoms with van der Waals surface area (Å²) in [7, 11) is 0. The lowest BCUT2D eigenvalue weighted by Gasteiger charge is -2.12. The monoisotopic (exact) mass is 129 g/mol. The van der Waals surface area contributed by atoms with Gasteiger partial charge in [-0.15, -0.1) is 0 Å². The highest BCUT2D eigenvalue weighted by Gasteiger charge is 2.20. The second-order valence-corrected chi connectivity index (χ2v) is 2.96. The van der Waals surface area contributed by atoms with Crippen LogP contribution in [0, 0.1) is 10.3 Å². The minimum absolute atomic E-state index is 0.113. The highest BCUT2D eigenvalue weighted by Crippen LogP contribution is 2.13. The Morgan fingerprint density at radius 2 is 1.89 bits per heavy atom. The molecule has 0 aliphatic heterocycles. The predicted octanol–water partition coefficient (Wildman–Crippen LogP) is 1.37. The first-order chi connectivity index (χ1) is 3.98. The molecule has 0 amide bonds. The molecule has 0 unspecified atom stereocenters. The lowest BCUT2D eigenvalue weighted by molar-refractivity contribution is -0.124. The molecule has 0 spiro atoms. The van der Waals surface area contributed by atoms with Crippen LogP contribution < -0.4 is 0 Å². The molecule has 0 bridgehead atoms. The molecule has 0 heterocycles. The maximum Gasteiger partial charge on any atom is 0.163 e. The molecule has 0 radical (unpaired) electrons. The highest BCUT2D eigenvalue weighted by atomic mass is 16.3. The fraction of sp³-hybridized carbons (Fsp3) is 0.833. The molecule has 3 heteroatoms. The zero-order valence-electron chi connectivity index (χ0n) is 5.97. The molecule has 0 aliphatic rings. The Kier molecular flexibility index (Phi) is 2.49. The first kappa shape index (κ1) is 8.27. The summed E-state index contributed by atoms with van der Waals surface area (Å²) >= 11 is 0. The largest absolute Gasteiger partial charge is 0.297 e. The van der Waals surface area contributed by atoms with Crippen molar-refractivity contribution in [1.82, 2.24) is 0 Å². The van der Waals surface area contributed by atoms with E-state index in [1.54, 1.807) is 20.8 Å². The summed E-state index contributed by atoms with van der Waals surface area (Å²) in [6.45, 7) is 5.09. The molecule has 0 atom stereocenters. The Labute approximate surface area is 54.4 Å². The van der Waals surface area contributed by atoms with Crippen LogP contribution in [0.15, 0.2) is 5.18 Å². The third-order valence-electron chi connectivity index (χ3n) is 1.04. The van der Waals surface area contributed by atoms with Crippen LogP contribution in [0.2, 0.25) is 0 Å². The molecule has 0 aromatic carbocycles. The number of Topliss-reactive ketones (excluding diaryl/α,β-unsaturated/α-hetero) is 1. The van der Waals surface area contributed by atoms with Gasteiger partial charge in [-0.05, 0) is 0 Å². The van der Waals surface area contributed by atoms with Gasteiger partial charge < -0.3 is 0 Å². The van der Waals surface area contributed by atoms with E-state index in [-0.39, 0.29) is 12.3 Å². The molecule has 0 rings (SSSR count).